The van der Waals surface area contributed by atoms with Crippen LogP contribution in [-0.2, 0) is 12.8 Å². The maximum atomic E-state index is 4.21. The van der Waals surface area contributed by atoms with Crippen molar-refractivity contribution in [1.29, 1.82) is 0 Å². The third-order valence-corrected chi connectivity index (χ3v) is 2.94. The van der Waals surface area contributed by atoms with Gasteiger partial charge in [0.25, 0.3) is 0 Å². The van der Waals surface area contributed by atoms with E-state index in [4.69, 9.17) is 0 Å². The molecule has 2 heterocycles. The Balaban J connectivity index is 1.84. The number of aryl methyl sites for hydroxylation is 2. The molecule has 3 rings (SSSR count). The fraction of sp³-hybridized carbons (Fsp3) is 0.143. The van der Waals surface area contributed by atoms with E-state index in [0.717, 1.165) is 29.4 Å². The minimum absolute atomic E-state index is 0.912. The Morgan fingerprint density at radius 3 is 2.76 bits per heavy atom. The minimum Gasteiger partial charge on any atom is -0.360 e. The van der Waals surface area contributed by atoms with Gasteiger partial charge >= 0.3 is 0 Å². The van der Waals surface area contributed by atoms with Crippen LogP contribution in [0, 0.1) is 0 Å². The van der Waals surface area contributed by atoms with E-state index in [0.29, 0.717) is 0 Å². The normalized spacial score (nSPS) is 10.8. The molecule has 0 aliphatic carbocycles. The molecule has 0 radical (unpaired) electrons. The zero-order chi connectivity index (χ0) is 11.5. The van der Waals surface area contributed by atoms with Crippen molar-refractivity contribution < 1.29 is 0 Å². The van der Waals surface area contributed by atoms with Gasteiger partial charge in [0.2, 0.25) is 0 Å². The van der Waals surface area contributed by atoms with Crippen LogP contribution in [0.25, 0.3) is 10.9 Å². The van der Waals surface area contributed by atoms with E-state index in [9.17, 15) is 0 Å². The second-order valence-corrected chi connectivity index (χ2v) is 4.08. The largest absolute Gasteiger partial charge is 0.360 e. The maximum absolute atomic E-state index is 4.21. The lowest BCUT2D eigenvalue weighted by Gasteiger charge is -2.01. The fourth-order valence-corrected chi connectivity index (χ4v) is 2.03. The molecule has 0 saturated carbocycles. The zero-order valence-electron chi connectivity index (χ0n) is 9.43. The molecule has 0 bridgehead atoms. The summed E-state index contributed by atoms with van der Waals surface area (Å²) < 4.78 is 0. The Morgan fingerprint density at radius 2 is 1.88 bits per heavy atom. The summed E-state index contributed by atoms with van der Waals surface area (Å²) in [5, 5.41) is 9.37. The van der Waals surface area contributed by atoms with Gasteiger partial charge in [-0.3, -0.25) is 0 Å². The summed E-state index contributed by atoms with van der Waals surface area (Å²) in [6.45, 7) is 0. The zero-order valence-corrected chi connectivity index (χ0v) is 9.43. The molecule has 17 heavy (non-hydrogen) atoms. The summed E-state index contributed by atoms with van der Waals surface area (Å²) in [5.41, 5.74) is 3.48. The van der Waals surface area contributed by atoms with Crippen LogP contribution >= 0.6 is 0 Å². The van der Waals surface area contributed by atoms with E-state index in [2.05, 4.69) is 39.4 Å². The Bertz CT molecular complexity index is 613. The first-order valence-electron chi connectivity index (χ1n) is 5.75. The quantitative estimate of drug-likeness (QED) is 0.741. The molecule has 2 aromatic heterocycles. The van der Waals surface area contributed by atoms with Gasteiger partial charge in [-0.25, -0.2) is 0 Å². The minimum atomic E-state index is 0.912. The number of hydrogen-bond donors (Lipinski definition) is 1. The number of H-pyrrole nitrogens is 1. The highest BCUT2D eigenvalue weighted by Crippen LogP contribution is 2.15. The second kappa shape index (κ2) is 4.37. The molecule has 1 N–H and O–H groups in total. The Morgan fingerprint density at radius 1 is 1.00 bits per heavy atom. The molecule has 1 aromatic carbocycles. The standard InChI is InChI=1S/C14H13N3/c1-2-4-11(5-3-1)6-7-13-14-12(8-9-15-14)10-16-17-13/h1-5,8-10,15H,6-7H2. The van der Waals surface area contributed by atoms with Gasteiger partial charge in [-0.1, -0.05) is 30.3 Å². The number of nitrogens with one attached hydrogen (secondary N) is 1. The molecule has 3 nitrogen and oxygen atoms in total. The van der Waals surface area contributed by atoms with Crippen LogP contribution in [0.15, 0.2) is 48.8 Å². The molecular formula is C14H13N3. The monoisotopic (exact) mass is 223 g/mol. The summed E-state index contributed by atoms with van der Waals surface area (Å²) in [7, 11) is 0. The average Bonchev–Trinajstić information content (AvgIpc) is 2.86. The van der Waals surface area contributed by atoms with Crippen molar-refractivity contribution in [3.8, 4) is 0 Å². The van der Waals surface area contributed by atoms with Gasteiger partial charge in [0, 0.05) is 11.6 Å². The Hall–Kier alpha value is -2.16. The molecule has 0 atom stereocenters. The Labute approximate surface area is 99.5 Å². The smallest absolute Gasteiger partial charge is 0.0874 e. The van der Waals surface area contributed by atoms with Crippen molar-refractivity contribution in [2.45, 2.75) is 12.8 Å². The highest BCUT2D eigenvalue weighted by atomic mass is 15.1. The molecular weight excluding hydrogens is 210 g/mol. The van der Waals surface area contributed by atoms with Crippen LogP contribution in [0.5, 0.6) is 0 Å². The third-order valence-electron chi connectivity index (χ3n) is 2.94. The van der Waals surface area contributed by atoms with Crippen LogP contribution in [0.4, 0.5) is 0 Å². The summed E-state index contributed by atoms with van der Waals surface area (Å²) in [6, 6.07) is 12.5. The van der Waals surface area contributed by atoms with Gasteiger partial charge < -0.3 is 4.98 Å². The first-order chi connectivity index (χ1) is 8.43. The van der Waals surface area contributed by atoms with Gasteiger partial charge in [-0.15, -0.1) is 0 Å². The van der Waals surface area contributed by atoms with Crippen LogP contribution in [0.2, 0.25) is 0 Å². The number of fused-ring (bicyclic) bond motifs is 1. The highest BCUT2D eigenvalue weighted by Gasteiger charge is 2.04. The molecule has 0 aliphatic heterocycles. The Kier molecular flexibility index (Phi) is 2.58. The van der Waals surface area contributed by atoms with Gasteiger partial charge in [0.1, 0.15) is 0 Å². The number of rotatable bonds is 3. The number of aromatic amines is 1. The number of nitrogens with zero attached hydrogens (tertiary/aromatic N) is 2. The molecule has 0 saturated heterocycles. The molecule has 0 fully saturated rings. The van der Waals surface area contributed by atoms with Gasteiger partial charge in [-0.05, 0) is 24.5 Å². The third kappa shape index (κ3) is 2.04. The first-order valence-corrected chi connectivity index (χ1v) is 5.75. The van der Waals surface area contributed by atoms with E-state index >= 15 is 0 Å². The van der Waals surface area contributed by atoms with Crippen molar-refractivity contribution in [2.75, 3.05) is 0 Å². The summed E-state index contributed by atoms with van der Waals surface area (Å²) in [5.74, 6) is 0. The lowest BCUT2D eigenvalue weighted by atomic mass is 10.1. The predicted molar refractivity (Wildman–Crippen MR) is 67.7 cm³/mol. The highest BCUT2D eigenvalue weighted by molar-refractivity contribution is 5.80. The molecule has 0 unspecified atom stereocenters. The molecule has 84 valence electrons. The molecule has 0 spiro atoms. The van der Waals surface area contributed by atoms with Crippen LogP contribution < -0.4 is 0 Å². The van der Waals surface area contributed by atoms with Crippen molar-refractivity contribution in [3.63, 3.8) is 0 Å². The summed E-state index contributed by atoms with van der Waals surface area (Å²) in [6.07, 6.45) is 5.63. The van der Waals surface area contributed by atoms with Gasteiger partial charge in [-0.2, -0.15) is 10.2 Å². The van der Waals surface area contributed by atoms with Gasteiger partial charge in [0.15, 0.2) is 0 Å². The van der Waals surface area contributed by atoms with E-state index in [-0.39, 0.29) is 0 Å². The van der Waals surface area contributed by atoms with Crippen molar-refractivity contribution >= 4 is 10.9 Å². The summed E-state index contributed by atoms with van der Waals surface area (Å²) in [4.78, 5) is 3.22. The number of benzene rings is 1. The molecule has 0 amide bonds. The van der Waals surface area contributed by atoms with E-state index in [1.54, 1.807) is 6.20 Å². The van der Waals surface area contributed by atoms with E-state index in [1.807, 2.05) is 18.3 Å². The van der Waals surface area contributed by atoms with Crippen molar-refractivity contribution in [3.05, 3.63) is 60.0 Å². The molecule has 3 aromatic rings. The lowest BCUT2D eigenvalue weighted by Crippen LogP contribution is -1.97. The van der Waals surface area contributed by atoms with Crippen LogP contribution in [0.1, 0.15) is 11.3 Å². The topological polar surface area (TPSA) is 41.6 Å². The second-order valence-electron chi connectivity index (χ2n) is 4.08. The average molecular weight is 223 g/mol. The van der Waals surface area contributed by atoms with Crippen LogP contribution in [-0.4, -0.2) is 15.2 Å². The van der Waals surface area contributed by atoms with Crippen molar-refractivity contribution in [1.82, 2.24) is 15.2 Å². The van der Waals surface area contributed by atoms with Crippen molar-refractivity contribution in [2.24, 2.45) is 0 Å². The molecule has 3 heteroatoms. The number of aromatic nitrogens is 3. The molecule has 0 aliphatic rings. The summed E-state index contributed by atoms with van der Waals surface area (Å²) >= 11 is 0. The van der Waals surface area contributed by atoms with Gasteiger partial charge in [0.05, 0.1) is 17.4 Å². The lowest BCUT2D eigenvalue weighted by molar-refractivity contribution is 0.871. The maximum Gasteiger partial charge on any atom is 0.0874 e. The number of hydrogen-bond acceptors (Lipinski definition) is 2. The fourth-order valence-electron chi connectivity index (χ4n) is 2.03. The van der Waals surface area contributed by atoms with E-state index < -0.39 is 0 Å². The van der Waals surface area contributed by atoms with E-state index in [1.165, 1.54) is 5.56 Å². The predicted octanol–water partition coefficient (Wildman–Crippen LogP) is 2.74. The first kappa shape index (κ1) is 10.0. The van der Waals surface area contributed by atoms with Crippen LogP contribution in [0.3, 0.4) is 0 Å². The SMILES string of the molecule is c1ccc(CCc2nncc3cc[nH]c23)cc1.